The lowest BCUT2D eigenvalue weighted by atomic mass is 10.4. The van der Waals surface area contributed by atoms with Crippen LogP contribution in [0.5, 0.6) is 0 Å². The molecule has 0 unspecified atom stereocenters. The first-order valence-electron chi connectivity index (χ1n) is 4.89. The van der Waals surface area contributed by atoms with Crippen molar-refractivity contribution in [3.05, 3.63) is 12.7 Å². The van der Waals surface area contributed by atoms with Crippen LogP contribution >= 0.6 is 0 Å². The van der Waals surface area contributed by atoms with Gasteiger partial charge in [-0.05, 0) is 0 Å². The number of amides is 2. The number of carbonyl (C=O) groups is 2. The molecule has 2 aromatic rings. The van der Waals surface area contributed by atoms with E-state index in [0.717, 1.165) is 0 Å². The third kappa shape index (κ3) is 2.54. The van der Waals surface area contributed by atoms with Crippen LogP contribution < -0.4 is 11.1 Å². The number of rotatable bonds is 0. The molecule has 4 N–H and O–H groups in total. The Kier molecular flexibility index (Phi) is 2.95. The van der Waals surface area contributed by atoms with Gasteiger partial charge >= 0.3 is 0 Å². The molecule has 0 atom stereocenters. The predicted molar refractivity (Wildman–Crippen MR) is 58.5 cm³/mol. The molecule has 0 saturated carbocycles. The summed E-state index contributed by atoms with van der Waals surface area (Å²) in [6, 6.07) is 0. The van der Waals surface area contributed by atoms with Crippen molar-refractivity contribution in [2.45, 2.75) is 12.8 Å². The third-order valence-corrected chi connectivity index (χ3v) is 2.11. The molecule has 0 radical (unpaired) electrons. The second-order valence-corrected chi connectivity index (χ2v) is 3.33. The minimum absolute atomic E-state index is 0.148. The summed E-state index contributed by atoms with van der Waals surface area (Å²) in [5, 5.41) is 2.14. The Morgan fingerprint density at radius 2 is 1.82 bits per heavy atom. The second-order valence-electron chi connectivity index (χ2n) is 3.33. The topological polar surface area (TPSA) is 127 Å². The maximum absolute atomic E-state index is 10.1. The number of hydrogen-bond acceptors (Lipinski definition) is 6. The monoisotopic (exact) mass is 234 g/mol. The van der Waals surface area contributed by atoms with E-state index in [1.165, 1.54) is 12.7 Å². The number of nitrogens with one attached hydrogen (secondary N) is 2. The second kappa shape index (κ2) is 4.56. The minimum atomic E-state index is -0.148. The van der Waals surface area contributed by atoms with E-state index in [1.54, 1.807) is 0 Å². The molecule has 3 heterocycles. The standard InChI is InChI=1S/C5H5N5.C4H5NO2/c6-4-3-5(9-1-7-3)10-2-8-4;6-3-1-2-4(7)5-3/h1-2H,(H3,6,7,8,9,10);1-2H2,(H,5,6,7). The fourth-order valence-electron chi connectivity index (χ4n) is 1.29. The van der Waals surface area contributed by atoms with Gasteiger partial charge in [0.2, 0.25) is 11.8 Å². The highest BCUT2D eigenvalue weighted by atomic mass is 16.2. The van der Waals surface area contributed by atoms with Gasteiger partial charge in [0.05, 0.1) is 6.33 Å². The van der Waals surface area contributed by atoms with Gasteiger partial charge in [-0.25, -0.2) is 15.0 Å². The number of nitrogen functional groups attached to an aromatic ring is 1. The van der Waals surface area contributed by atoms with E-state index in [2.05, 4.69) is 25.3 Å². The molecular formula is C9H10N6O2. The zero-order valence-electron chi connectivity index (χ0n) is 8.80. The van der Waals surface area contributed by atoms with Gasteiger partial charge in [0, 0.05) is 12.8 Å². The average molecular weight is 234 g/mol. The van der Waals surface area contributed by atoms with Crippen molar-refractivity contribution in [1.29, 1.82) is 0 Å². The van der Waals surface area contributed by atoms with Crippen molar-refractivity contribution in [3.63, 3.8) is 0 Å². The molecule has 1 fully saturated rings. The quantitative estimate of drug-likeness (QED) is 0.520. The highest BCUT2D eigenvalue weighted by molar-refractivity contribution is 6.01. The molecule has 1 saturated heterocycles. The predicted octanol–water partition coefficient (Wildman–Crippen LogP) is -0.642. The van der Waals surface area contributed by atoms with Gasteiger partial charge in [0.25, 0.3) is 0 Å². The van der Waals surface area contributed by atoms with Gasteiger partial charge in [0.1, 0.15) is 11.8 Å². The maximum atomic E-state index is 10.1. The first kappa shape index (κ1) is 11.0. The Labute approximate surface area is 95.7 Å². The van der Waals surface area contributed by atoms with Crippen LogP contribution in [0.4, 0.5) is 5.82 Å². The molecule has 0 aromatic carbocycles. The van der Waals surface area contributed by atoms with E-state index >= 15 is 0 Å². The molecule has 2 aromatic heterocycles. The first-order chi connectivity index (χ1) is 8.16. The van der Waals surface area contributed by atoms with Crippen LogP contribution in [-0.2, 0) is 9.59 Å². The van der Waals surface area contributed by atoms with Crippen molar-refractivity contribution >= 4 is 28.8 Å². The van der Waals surface area contributed by atoms with Crippen LogP contribution in [0.1, 0.15) is 12.8 Å². The van der Waals surface area contributed by atoms with Crippen molar-refractivity contribution in [1.82, 2.24) is 25.3 Å². The number of aromatic amines is 1. The Bertz CT molecular complexity index is 549. The largest absolute Gasteiger partial charge is 0.382 e. The number of H-pyrrole nitrogens is 1. The molecule has 0 spiro atoms. The molecule has 8 nitrogen and oxygen atoms in total. The molecule has 8 heteroatoms. The van der Waals surface area contributed by atoms with Crippen LogP contribution in [0.15, 0.2) is 12.7 Å². The highest BCUT2D eigenvalue weighted by Crippen LogP contribution is 2.09. The van der Waals surface area contributed by atoms with E-state index < -0.39 is 0 Å². The minimum Gasteiger partial charge on any atom is -0.382 e. The smallest absolute Gasteiger partial charge is 0.227 e. The van der Waals surface area contributed by atoms with Gasteiger partial charge in [-0.15, -0.1) is 0 Å². The Morgan fingerprint density at radius 3 is 2.35 bits per heavy atom. The number of imidazole rings is 1. The molecule has 88 valence electrons. The lowest BCUT2D eigenvalue weighted by Gasteiger charge is -1.89. The van der Waals surface area contributed by atoms with Crippen LogP contribution in [0.2, 0.25) is 0 Å². The number of nitrogens with zero attached hydrogens (tertiary/aromatic N) is 3. The number of imide groups is 1. The fraction of sp³-hybridized carbons (Fsp3) is 0.222. The SMILES string of the molecule is Nc1ncnc2nc[nH]c12.O=C1CCC(=O)N1. The Hall–Kier alpha value is -2.51. The molecule has 2 amide bonds. The number of aromatic nitrogens is 4. The summed E-state index contributed by atoms with van der Waals surface area (Å²) >= 11 is 0. The van der Waals surface area contributed by atoms with E-state index in [9.17, 15) is 9.59 Å². The summed E-state index contributed by atoms with van der Waals surface area (Å²) in [7, 11) is 0. The lowest BCUT2D eigenvalue weighted by Crippen LogP contribution is -2.18. The van der Waals surface area contributed by atoms with Gasteiger partial charge < -0.3 is 10.7 Å². The first-order valence-corrected chi connectivity index (χ1v) is 4.89. The normalized spacial score (nSPS) is 14.4. The van der Waals surface area contributed by atoms with Gasteiger partial charge in [-0.2, -0.15) is 0 Å². The van der Waals surface area contributed by atoms with Gasteiger partial charge in [-0.3, -0.25) is 14.9 Å². The molecule has 3 rings (SSSR count). The van der Waals surface area contributed by atoms with E-state index in [0.29, 0.717) is 29.8 Å². The third-order valence-electron chi connectivity index (χ3n) is 2.11. The summed E-state index contributed by atoms with van der Waals surface area (Å²) in [5.41, 5.74) is 6.78. The van der Waals surface area contributed by atoms with Crippen molar-refractivity contribution < 1.29 is 9.59 Å². The van der Waals surface area contributed by atoms with Crippen molar-refractivity contribution in [3.8, 4) is 0 Å². The summed E-state index contributed by atoms with van der Waals surface area (Å²) in [4.78, 5) is 34.6. The van der Waals surface area contributed by atoms with E-state index in [4.69, 9.17) is 5.73 Å². The Morgan fingerprint density at radius 1 is 1.12 bits per heavy atom. The molecule has 0 bridgehead atoms. The summed E-state index contributed by atoms with van der Waals surface area (Å²) < 4.78 is 0. The van der Waals surface area contributed by atoms with Crippen LogP contribution in [0.3, 0.4) is 0 Å². The zero-order valence-corrected chi connectivity index (χ0v) is 8.80. The summed E-state index contributed by atoms with van der Waals surface area (Å²) in [5.74, 6) is 0.137. The number of nitrogens with two attached hydrogens (primary N) is 1. The number of hydrogen-bond donors (Lipinski definition) is 3. The van der Waals surface area contributed by atoms with E-state index in [1.807, 2.05) is 0 Å². The number of anilines is 1. The number of carbonyl (C=O) groups excluding carboxylic acids is 2. The number of fused-ring (bicyclic) bond motifs is 1. The fourth-order valence-corrected chi connectivity index (χ4v) is 1.29. The average Bonchev–Trinajstić information content (AvgIpc) is 2.89. The Balaban J connectivity index is 0.000000136. The molecule has 17 heavy (non-hydrogen) atoms. The molecular weight excluding hydrogens is 224 g/mol. The van der Waals surface area contributed by atoms with Gasteiger partial charge in [0.15, 0.2) is 11.5 Å². The van der Waals surface area contributed by atoms with Crippen LogP contribution in [0.25, 0.3) is 11.2 Å². The van der Waals surface area contributed by atoms with Gasteiger partial charge in [-0.1, -0.05) is 0 Å². The van der Waals surface area contributed by atoms with Crippen molar-refractivity contribution in [2.24, 2.45) is 0 Å². The van der Waals surface area contributed by atoms with Crippen molar-refractivity contribution in [2.75, 3.05) is 5.73 Å². The summed E-state index contributed by atoms with van der Waals surface area (Å²) in [6.07, 6.45) is 3.67. The molecule has 1 aliphatic heterocycles. The summed E-state index contributed by atoms with van der Waals surface area (Å²) in [6.45, 7) is 0. The van der Waals surface area contributed by atoms with Crippen LogP contribution in [-0.4, -0.2) is 31.8 Å². The molecule has 1 aliphatic rings. The maximum Gasteiger partial charge on any atom is 0.227 e. The van der Waals surface area contributed by atoms with Crippen LogP contribution in [0, 0.1) is 0 Å². The van der Waals surface area contributed by atoms with E-state index in [-0.39, 0.29) is 11.8 Å². The zero-order chi connectivity index (χ0) is 12.3. The lowest BCUT2D eigenvalue weighted by molar-refractivity contribution is -0.124. The highest BCUT2D eigenvalue weighted by Gasteiger charge is 2.15. The molecule has 0 aliphatic carbocycles.